The summed E-state index contributed by atoms with van der Waals surface area (Å²) in [6.07, 6.45) is 0. The van der Waals surface area contributed by atoms with E-state index < -0.39 is 5.97 Å². The van der Waals surface area contributed by atoms with Crippen molar-refractivity contribution in [3.05, 3.63) is 82.0 Å². The quantitative estimate of drug-likeness (QED) is 0.491. The van der Waals surface area contributed by atoms with Gasteiger partial charge >= 0.3 is 5.97 Å². The molecule has 0 atom stereocenters. The summed E-state index contributed by atoms with van der Waals surface area (Å²) in [6.45, 7) is 1.58. The lowest BCUT2D eigenvalue weighted by molar-refractivity contribution is -0.131. The van der Waals surface area contributed by atoms with Crippen molar-refractivity contribution in [2.45, 2.75) is 13.5 Å². The Morgan fingerprint density at radius 2 is 1.79 bits per heavy atom. The molecule has 0 bridgehead atoms. The van der Waals surface area contributed by atoms with Gasteiger partial charge in [0, 0.05) is 24.7 Å². The van der Waals surface area contributed by atoms with Gasteiger partial charge in [0.15, 0.2) is 0 Å². The molecule has 0 fully saturated rings. The summed E-state index contributed by atoms with van der Waals surface area (Å²) in [5.41, 5.74) is 1.73. The zero-order chi connectivity index (χ0) is 19.9. The maximum atomic E-state index is 12.6. The van der Waals surface area contributed by atoms with E-state index in [4.69, 9.17) is 4.74 Å². The van der Waals surface area contributed by atoms with Crippen LogP contribution in [0.2, 0.25) is 0 Å². The van der Waals surface area contributed by atoms with Crippen molar-refractivity contribution in [2.75, 3.05) is 5.32 Å². The molecule has 28 heavy (non-hydrogen) atoms. The Kier molecular flexibility index (Phi) is 6.18. The molecule has 0 spiro atoms. The van der Waals surface area contributed by atoms with Crippen LogP contribution in [0, 0.1) is 0 Å². The highest BCUT2D eigenvalue weighted by Crippen LogP contribution is 2.19. The molecule has 1 aromatic heterocycles. The van der Waals surface area contributed by atoms with E-state index in [-0.39, 0.29) is 18.4 Å². The Balaban J connectivity index is 1.70. The molecule has 1 heterocycles. The number of carbonyl (C=O) groups excluding carboxylic acids is 3. The minimum atomic E-state index is -0.454. The molecule has 0 unspecified atom stereocenters. The van der Waals surface area contributed by atoms with Gasteiger partial charge in [0.2, 0.25) is 0 Å². The third-order valence-electron chi connectivity index (χ3n) is 3.81. The van der Waals surface area contributed by atoms with E-state index in [1.54, 1.807) is 36.4 Å². The Bertz CT molecular complexity index is 999. The average Bonchev–Trinajstić information content (AvgIpc) is 3.21. The number of ether oxygens (including phenoxy) is 1. The second-order valence-electron chi connectivity index (χ2n) is 5.89. The molecular weight excluding hydrogens is 376 g/mol. The van der Waals surface area contributed by atoms with Gasteiger partial charge in [-0.1, -0.05) is 30.3 Å². The average molecular weight is 394 g/mol. The predicted octanol–water partition coefficient (Wildman–Crippen LogP) is 3.86. The van der Waals surface area contributed by atoms with Gasteiger partial charge < -0.3 is 15.4 Å². The van der Waals surface area contributed by atoms with Crippen molar-refractivity contribution in [1.29, 1.82) is 0 Å². The number of amides is 2. The summed E-state index contributed by atoms with van der Waals surface area (Å²) in [6, 6.07) is 17.2. The molecular formula is C21H18N2O4S. The summed E-state index contributed by atoms with van der Waals surface area (Å²) < 4.78 is 5.01. The molecule has 2 aromatic carbocycles. The zero-order valence-corrected chi connectivity index (χ0v) is 15.9. The molecule has 3 rings (SSSR count). The fraction of sp³-hybridized carbons (Fsp3) is 0.0952. The number of esters is 1. The number of benzene rings is 2. The van der Waals surface area contributed by atoms with Crippen LogP contribution >= 0.6 is 11.3 Å². The second kappa shape index (κ2) is 8.96. The largest absolute Gasteiger partial charge is 0.427 e. The topological polar surface area (TPSA) is 84.5 Å². The third-order valence-corrected chi connectivity index (χ3v) is 4.68. The Hall–Kier alpha value is -3.45. The summed E-state index contributed by atoms with van der Waals surface area (Å²) in [5.74, 6) is -0.655. The van der Waals surface area contributed by atoms with E-state index >= 15 is 0 Å². The van der Waals surface area contributed by atoms with Gasteiger partial charge in [-0.15, -0.1) is 11.3 Å². The normalized spacial score (nSPS) is 10.2. The SMILES string of the molecule is CC(=O)Oc1cccc(C(=O)Nc2ccccc2CNC(=O)c2cccs2)c1. The van der Waals surface area contributed by atoms with Crippen LogP contribution in [-0.4, -0.2) is 17.8 Å². The highest BCUT2D eigenvalue weighted by Gasteiger charge is 2.12. The molecule has 0 aliphatic rings. The lowest BCUT2D eigenvalue weighted by Crippen LogP contribution is -2.23. The molecule has 0 saturated carbocycles. The standard InChI is InChI=1S/C21H18N2O4S/c1-14(24)27-17-8-4-7-15(12-17)20(25)23-18-9-3-2-6-16(18)13-22-21(26)19-10-5-11-28-19/h2-12H,13H2,1H3,(H,22,26)(H,23,25). The van der Waals surface area contributed by atoms with Gasteiger partial charge in [-0.3, -0.25) is 14.4 Å². The first kappa shape index (κ1) is 19.3. The first-order valence-electron chi connectivity index (χ1n) is 8.52. The van der Waals surface area contributed by atoms with Crippen LogP contribution in [-0.2, 0) is 11.3 Å². The summed E-state index contributed by atoms with van der Waals surface area (Å²) in [5, 5.41) is 7.53. The van der Waals surface area contributed by atoms with Gasteiger partial charge in [0.05, 0.1) is 4.88 Å². The highest BCUT2D eigenvalue weighted by atomic mass is 32.1. The molecule has 142 valence electrons. The van der Waals surface area contributed by atoms with Crippen molar-refractivity contribution in [3.8, 4) is 5.75 Å². The predicted molar refractivity (Wildman–Crippen MR) is 108 cm³/mol. The van der Waals surface area contributed by atoms with E-state index in [0.717, 1.165) is 5.56 Å². The van der Waals surface area contributed by atoms with E-state index in [1.807, 2.05) is 23.6 Å². The number of carbonyl (C=O) groups is 3. The van der Waals surface area contributed by atoms with Crippen LogP contribution in [0.15, 0.2) is 66.0 Å². The lowest BCUT2D eigenvalue weighted by atomic mass is 10.1. The number of nitrogens with one attached hydrogen (secondary N) is 2. The molecule has 6 nitrogen and oxygen atoms in total. The fourth-order valence-corrected chi connectivity index (χ4v) is 3.17. The monoisotopic (exact) mass is 394 g/mol. The van der Waals surface area contributed by atoms with E-state index in [1.165, 1.54) is 24.3 Å². The number of rotatable bonds is 6. The summed E-state index contributed by atoms with van der Waals surface area (Å²) >= 11 is 1.37. The molecule has 2 N–H and O–H groups in total. The van der Waals surface area contributed by atoms with Crippen molar-refractivity contribution in [2.24, 2.45) is 0 Å². The van der Waals surface area contributed by atoms with Crippen LogP contribution in [0.5, 0.6) is 5.75 Å². The molecule has 2 amide bonds. The lowest BCUT2D eigenvalue weighted by Gasteiger charge is -2.12. The molecule has 3 aromatic rings. The van der Waals surface area contributed by atoms with Crippen LogP contribution in [0.3, 0.4) is 0 Å². The maximum Gasteiger partial charge on any atom is 0.308 e. The van der Waals surface area contributed by atoms with Gasteiger partial charge in [-0.25, -0.2) is 0 Å². The van der Waals surface area contributed by atoms with Gasteiger partial charge in [-0.2, -0.15) is 0 Å². The van der Waals surface area contributed by atoms with Crippen molar-refractivity contribution >= 4 is 34.8 Å². The Labute approximate surface area is 166 Å². The minimum Gasteiger partial charge on any atom is -0.427 e. The van der Waals surface area contributed by atoms with Crippen molar-refractivity contribution in [3.63, 3.8) is 0 Å². The van der Waals surface area contributed by atoms with Crippen molar-refractivity contribution < 1.29 is 19.1 Å². The molecule has 0 saturated heterocycles. The first-order chi connectivity index (χ1) is 13.5. The van der Waals surface area contributed by atoms with E-state index in [2.05, 4.69) is 10.6 Å². The zero-order valence-electron chi connectivity index (χ0n) is 15.1. The number of thiophene rings is 1. The third kappa shape index (κ3) is 5.05. The first-order valence-corrected chi connectivity index (χ1v) is 9.40. The van der Waals surface area contributed by atoms with Crippen LogP contribution in [0.1, 0.15) is 32.5 Å². The van der Waals surface area contributed by atoms with Crippen molar-refractivity contribution in [1.82, 2.24) is 5.32 Å². The Morgan fingerprint density at radius 3 is 2.54 bits per heavy atom. The molecule has 0 radical (unpaired) electrons. The number of hydrogen-bond donors (Lipinski definition) is 2. The maximum absolute atomic E-state index is 12.6. The molecule has 7 heteroatoms. The summed E-state index contributed by atoms with van der Waals surface area (Å²) in [4.78, 5) is 36.4. The van der Waals surface area contributed by atoms with Crippen LogP contribution < -0.4 is 15.4 Å². The van der Waals surface area contributed by atoms with Gasteiger partial charge in [-0.05, 0) is 41.3 Å². The number of anilines is 1. The summed E-state index contributed by atoms with van der Waals surface area (Å²) in [7, 11) is 0. The second-order valence-corrected chi connectivity index (χ2v) is 6.84. The fourth-order valence-electron chi connectivity index (χ4n) is 2.53. The Morgan fingerprint density at radius 1 is 0.964 bits per heavy atom. The van der Waals surface area contributed by atoms with Crippen LogP contribution in [0.25, 0.3) is 0 Å². The highest BCUT2D eigenvalue weighted by molar-refractivity contribution is 7.12. The number of para-hydroxylation sites is 1. The number of hydrogen-bond acceptors (Lipinski definition) is 5. The van der Waals surface area contributed by atoms with Crippen LogP contribution in [0.4, 0.5) is 5.69 Å². The molecule has 0 aliphatic carbocycles. The van der Waals surface area contributed by atoms with Gasteiger partial charge in [0.1, 0.15) is 5.75 Å². The molecule has 0 aliphatic heterocycles. The van der Waals surface area contributed by atoms with Gasteiger partial charge in [0.25, 0.3) is 11.8 Å². The smallest absolute Gasteiger partial charge is 0.308 e. The minimum absolute atomic E-state index is 0.162. The van der Waals surface area contributed by atoms with E-state index in [9.17, 15) is 14.4 Å². The van der Waals surface area contributed by atoms with E-state index in [0.29, 0.717) is 21.9 Å².